The molecule has 1 heterocycles. The number of amides is 2. The van der Waals surface area contributed by atoms with E-state index < -0.39 is 17.2 Å². The molecule has 4 nitrogen and oxygen atoms in total. The van der Waals surface area contributed by atoms with Gasteiger partial charge in [0, 0.05) is 5.56 Å². The number of benzene rings is 1. The standard InChI is InChI=1S/C10H7ClN2O2/c11-7-9(14)12-8(13-10(7)15)6-4-2-1-3-5-6/h1-5,7H,(H,12,13,14,15). The SMILES string of the molecule is O=C1N=C(c2ccccc2)NC(=O)C1Cl. The van der Waals surface area contributed by atoms with Crippen molar-refractivity contribution in [3.05, 3.63) is 35.9 Å². The number of hydrogen-bond donors (Lipinski definition) is 1. The largest absolute Gasteiger partial charge is 0.308 e. The Morgan fingerprint density at radius 2 is 1.87 bits per heavy atom. The monoisotopic (exact) mass is 222 g/mol. The predicted molar refractivity (Wildman–Crippen MR) is 55.8 cm³/mol. The van der Waals surface area contributed by atoms with E-state index in [1.165, 1.54) is 0 Å². The summed E-state index contributed by atoms with van der Waals surface area (Å²) in [4.78, 5) is 26.1. The zero-order chi connectivity index (χ0) is 10.8. The smallest absolute Gasteiger partial charge is 0.275 e. The van der Waals surface area contributed by atoms with E-state index in [1.54, 1.807) is 24.3 Å². The lowest BCUT2D eigenvalue weighted by molar-refractivity contribution is -0.127. The molecular formula is C10H7ClN2O2. The molecular weight excluding hydrogens is 216 g/mol. The highest BCUT2D eigenvalue weighted by atomic mass is 35.5. The topological polar surface area (TPSA) is 58.5 Å². The Kier molecular flexibility index (Phi) is 2.51. The molecule has 5 heteroatoms. The molecule has 0 fully saturated rings. The molecule has 0 bridgehead atoms. The molecule has 0 spiro atoms. The number of hydrogen-bond acceptors (Lipinski definition) is 2. The van der Waals surface area contributed by atoms with Gasteiger partial charge in [0.15, 0.2) is 5.38 Å². The number of carbonyl (C=O) groups excluding carboxylic acids is 2. The van der Waals surface area contributed by atoms with Crippen LogP contribution < -0.4 is 5.32 Å². The molecule has 0 aromatic heterocycles. The van der Waals surface area contributed by atoms with Crippen molar-refractivity contribution in [3.63, 3.8) is 0 Å². The van der Waals surface area contributed by atoms with E-state index in [4.69, 9.17) is 11.6 Å². The van der Waals surface area contributed by atoms with E-state index in [2.05, 4.69) is 10.3 Å². The van der Waals surface area contributed by atoms with Gasteiger partial charge in [-0.2, -0.15) is 4.99 Å². The van der Waals surface area contributed by atoms with Crippen LogP contribution in [0.5, 0.6) is 0 Å². The molecule has 1 aromatic carbocycles. The number of amidine groups is 1. The van der Waals surface area contributed by atoms with Gasteiger partial charge < -0.3 is 5.32 Å². The molecule has 1 N–H and O–H groups in total. The minimum Gasteiger partial charge on any atom is -0.308 e. The van der Waals surface area contributed by atoms with Crippen molar-refractivity contribution in [1.29, 1.82) is 0 Å². The second-order valence-electron chi connectivity index (χ2n) is 3.02. The summed E-state index contributed by atoms with van der Waals surface area (Å²) in [6.07, 6.45) is 0. The highest BCUT2D eigenvalue weighted by Gasteiger charge is 2.29. The Bertz CT molecular complexity index is 442. The molecule has 1 aliphatic heterocycles. The van der Waals surface area contributed by atoms with Gasteiger partial charge in [-0.25, -0.2) is 0 Å². The van der Waals surface area contributed by atoms with Crippen LogP contribution in [0.15, 0.2) is 35.3 Å². The fourth-order valence-electron chi connectivity index (χ4n) is 1.22. The van der Waals surface area contributed by atoms with Crippen molar-refractivity contribution >= 4 is 29.3 Å². The first kappa shape index (κ1) is 9.86. The van der Waals surface area contributed by atoms with Crippen LogP contribution in [0, 0.1) is 0 Å². The van der Waals surface area contributed by atoms with E-state index in [-0.39, 0.29) is 5.84 Å². The van der Waals surface area contributed by atoms with Crippen molar-refractivity contribution in [2.75, 3.05) is 0 Å². The maximum Gasteiger partial charge on any atom is 0.275 e. The van der Waals surface area contributed by atoms with E-state index >= 15 is 0 Å². The second-order valence-corrected chi connectivity index (χ2v) is 3.45. The molecule has 15 heavy (non-hydrogen) atoms. The van der Waals surface area contributed by atoms with Crippen molar-refractivity contribution in [2.24, 2.45) is 4.99 Å². The van der Waals surface area contributed by atoms with Gasteiger partial charge in [0.2, 0.25) is 0 Å². The lowest BCUT2D eigenvalue weighted by atomic mass is 10.2. The van der Waals surface area contributed by atoms with Crippen molar-refractivity contribution in [1.82, 2.24) is 5.32 Å². The molecule has 0 saturated carbocycles. The minimum atomic E-state index is -1.21. The Labute approximate surface area is 91.0 Å². The van der Waals surface area contributed by atoms with Gasteiger partial charge in [-0.1, -0.05) is 30.3 Å². The molecule has 1 unspecified atom stereocenters. The highest BCUT2D eigenvalue weighted by molar-refractivity contribution is 6.45. The summed E-state index contributed by atoms with van der Waals surface area (Å²) >= 11 is 5.50. The lowest BCUT2D eigenvalue weighted by Gasteiger charge is -2.15. The Morgan fingerprint density at radius 1 is 1.20 bits per heavy atom. The number of alkyl halides is 1. The van der Waals surface area contributed by atoms with Crippen LogP contribution >= 0.6 is 11.6 Å². The van der Waals surface area contributed by atoms with Crippen molar-refractivity contribution < 1.29 is 9.59 Å². The molecule has 1 aliphatic rings. The molecule has 76 valence electrons. The molecule has 0 aliphatic carbocycles. The number of nitrogens with zero attached hydrogens (tertiary/aromatic N) is 1. The molecule has 0 radical (unpaired) electrons. The fraction of sp³-hybridized carbons (Fsp3) is 0.100. The van der Waals surface area contributed by atoms with Gasteiger partial charge in [-0.15, -0.1) is 11.6 Å². The number of rotatable bonds is 1. The maximum absolute atomic E-state index is 11.2. The number of halogens is 1. The lowest BCUT2D eigenvalue weighted by Crippen LogP contribution is -2.45. The predicted octanol–water partition coefficient (Wildman–Crippen LogP) is 0.697. The fourth-order valence-corrected chi connectivity index (χ4v) is 1.32. The van der Waals surface area contributed by atoms with Gasteiger partial charge in [0.05, 0.1) is 0 Å². The molecule has 0 saturated heterocycles. The average molecular weight is 223 g/mol. The van der Waals surface area contributed by atoms with Gasteiger partial charge >= 0.3 is 0 Å². The van der Waals surface area contributed by atoms with Crippen LogP contribution in [-0.4, -0.2) is 23.0 Å². The van der Waals surface area contributed by atoms with Gasteiger partial charge in [-0.3, -0.25) is 9.59 Å². The zero-order valence-electron chi connectivity index (χ0n) is 7.61. The second kappa shape index (κ2) is 3.82. The van der Waals surface area contributed by atoms with E-state index in [0.717, 1.165) is 0 Å². The molecule has 2 amide bonds. The van der Waals surface area contributed by atoms with Crippen LogP contribution in [0.3, 0.4) is 0 Å². The summed E-state index contributed by atoms with van der Waals surface area (Å²) in [5, 5.41) is 1.26. The zero-order valence-corrected chi connectivity index (χ0v) is 8.36. The van der Waals surface area contributed by atoms with Gasteiger partial charge in [0.25, 0.3) is 11.8 Å². The molecule has 1 aromatic rings. The third-order valence-electron chi connectivity index (χ3n) is 1.96. The molecule has 2 rings (SSSR count). The summed E-state index contributed by atoms with van der Waals surface area (Å²) in [5.74, 6) is -0.905. The minimum absolute atomic E-state index is 0.252. The van der Waals surface area contributed by atoms with E-state index in [9.17, 15) is 9.59 Å². The number of nitrogens with one attached hydrogen (secondary N) is 1. The summed E-state index contributed by atoms with van der Waals surface area (Å²) in [5.41, 5.74) is 0.683. The van der Waals surface area contributed by atoms with Crippen LogP contribution in [0.2, 0.25) is 0 Å². The first-order valence-electron chi connectivity index (χ1n) is 4.31. The first-order valence-corrected chi connectivity index (χ1v) is 4.75. The van der Waals surface area contributed by atoms with Gasteiger partial charge in [0.1, 0.15) is 5.84 Å². The number of carbonyl (C=O) groups is 2. The number of aliphatic imine (C=N–C) groups is 1. The van der Waals surface area contributed by atoms with Crippen LogP contribution in [-0.2, 0) is 9.59 Å². The Morgan fingerprint density at radius 3 is 2.47 bits per heavy atom. The Hall–Kier alpha value is -1.68. The molecule has 1 atom stereocenters. The van der Waals surface area contributed by atoms with Crippen LogP contribution in [0.4, 0.5) is 0 Å². The highest BCUT2D eigenvalue weighted by Crippen LogP contribution is 2.08. The van der Waals surface area contributed by atoms with Crippen molar-refractivity contribution in [2.45, 2.75) is 5.38 Å². The summed E-state index contributed by atoms with van der Waals surface area (Å²) < 4.78 is 0. The van der Waals surface area contributed by atoms with E-state index in [1.807, 2.05) is 6.07 Å². The third kappa shape index (κ3) is 1.89. The summed E-state index contributed by atoms with van der Waals surface area (Å²) in [6, 6.07) is 8.92. The van der Waals surface area contributed by atoms with Gasteiger partial charge in [-0.05, 0) is 0 Å². The van der Waals surface area contributed by atoms with Crippen molar-refractivity contribution in [3.8, 4) is 0 Å². The summed E-state index contributed by atoms with van der Waals surface area (Å²) in [6.45, 7) is 0. The van der Waals surface area contributed by atoms with Crippen LogP contribution in [0.25, 0.3) is 0 Å². The quantitative estimate of drug-likeness (QED) is 0.562. The average Bonchev–Trinajstić information content (AvgIpc) is 2.26. The summed E-state index contributed by atoms with van der Waals surface area (Å²) in [7, 11) is 0. The first-order chi connectivity index (χ1) is 7.18. The maximum atomic E-state index is 11.2. The normalized spacial score (nSPS) is 20.9. The van der Waals surface area contributed by atoms with Crippen LogP contribution in [0.1, 0.15) is 5.56 Å². The third-order valence-corrected chi connectivity index (χ3v) is 2.34. The van der Waals surface area contributed by atoms with E-state index in [0.29, 0.717) is 5.56 Å². The Balaban J connectivity index is 2.36.